The number of hydrogen-bond donors (Lipinski definition) is 2. The fourth-order valence-corrected chi connectivity index (χ4v) is 2.73. The van der Waals surface area contributed by atoms with Crippen molar-refractivity contribution in [1.29, 1.82) is 0 Å². The number of piperidine rings is 1. The lowest BCUT2D eigenvalue weighted by atomic mass is 9.89. The molecule has 3 unspecified atom stereocenters. The van der Waals surface area contributed by atoms with E-state index in [1.165, 1.54) is 6.42 Å². The zero-order chi connectivity index (χ0) is 12.8. The number of carbonyl (C=O) groups excluding carboxylic acids is 1. The molecule has 4 heteroatoms. The molecule has 100 valence electrons. The molecule has 3 atom stereocenters. The van der Waals surface area contributed by atoms with Gasteiger partial charge in [-0.3, -0.25) is 9.69 Å². The third kappa shape index (κ3) is 3.68. The first-order chi connectivity index (χ1) is 8.13. The molecule has 1 amide bonds. The fraction of sp³-hybridized carbons (Fsp3) is 0.923. The highest BCUT2D eigenvalue weighted by molar-refractivity contribution is 5.80. The Labute approximate surface area is 105 Å². The highest BCUT2D eigenvalue weighted by Gasteiger charge is 2.31. The van der Waals surface area contributed by atoms with Gasteiger partial charge in [0.15, 0.2) is 0 Å². The van der Waals surface area contributed by atoms with Crippen molar-refractivity contribution in [2.75, 3.05) is 26.7 Å². The van der Waals surface area contributed by atoms with Crippen LogP contribution in [0.15, 0.2) is 0 Å². The van der Waals surface area contributed by atoms with Gasteiger partial charge in [-0.25, -0.2) is 0 Å². The average Bonchev–Trinajstić information content (AvgIpc) is 2.37. The van der Waals surface area contributed by atoms with E-state index in [-0.39, 0.29) is 11.9 Å². The Morgan fingerprint density at radius 2 is 2.18 bits per heavy atom. The van der Waals surface area contributed by atoms with Crippen LogP contribution in [-0.2, 0) is 4.79 Å². The Hall–Kier alpha value is -0.610. The second kappa shape index (κ2) is 6.97. The van der Waals surface area contributed by atoms with Crippen molar-refractivity contribution in [2.24, 2.45) is 5.92 Å². The number of nitrogens with one attached hydrogen (secondary N) is 2. The van der Waals surface area contributed by atoms with Crippen LogP contribution in [0.25, 0.3) is 0 Å². The van der Waals surface area contributed by atoms with Gasteiger partial charge >= 0.3 is 0 Å². The Morgan fingerprint density at radius 1 is 1.47 bits per heavy atom. The monoisotopic (exact) mass is 241 g/mol. The molecular weight excluding hydrogens is 214 g/mol. The molecule has 0 aliphatic carbocycles. The van der Waals surface area contributed by atoms with Crippen LogP contribution in [0.4, 0.5) is 0 Å². The summed E-state index contributed by atoms with van der Waals surface area (Å²) >= 11 is 0. The van der Waals surface area contributed by atoms with E-state index >= 15 is 0 Å². The average molecular weight is 241 g/mol. The lowest BCUT2D eigenvalue weighted by Gasteiger charge is -2.40. The summed E-state index contributed by atoms with van der Waals surface area (Å²) in [7, 11) is 1.71. The van der Waals surface area contributed by atoms with Crippen molar-refractivity contribution in [3.63, 3.8) is 0 Å². The highest BCUT2D eigenvalue weighted by atomic mass is 16.2. The van der Waals surface area contributed by atoms with Crippen molar-refractivity contribution >= 4 is 5.91 Å². The maximum absolute atomic E-state index is 11.6. The van der Waals surface area contributed by atoms with E-state index in [9.17, 15) is 4.79 Å². The van der Waals surface area contributed by atoms with Crippen LogP contribution in [0.3, 0.4) is 0 Å². The highest BCUT2D eigenvalue weighted by Crippen LogP contribution is 2.21. The molecule has 0 saturated carbocycles. The van der Waals surface area contributed by atoms with Crippen LogP contribution in [0, 0.1) is 5.92 Å². The summed E-state index contributed by atoms with van der Waals surface area (Å²) in [6, 6.07) is 0.620. The third-order valence-electron chi connectivity index (χ3n) is 3.93. The molecule has 0 spiro atoms. The minimum Gasteiger partial charge on any atom is -0.358 e. The standard InChI is InChI=1S/C13H27N3O/c1-5-11-9-16(10(3)13(17)14-4)8-7-12(11)15-6-2/h10-12,15H,5-9H2,1-4H3,(H,14,17). The van der Waals surface area contributed by atoms with E-state index in [1.807, 2.05) is 6.92 Å². The van der Waals surface area contributed by atoms with Crippen molar-refractivity contribution in [1.82, 2.24) is 15.5 Å². The summed E-state index contributed by atoms with van der Waals surface area (Å²) in [5.74, 6) is 0.789. The zero-order valence-electron chi connectivity index (χ0n) is 11.6. The predicted octanol–water partition coefficient (Wildman–Crippen LogP) is 0.831. The molecule has 1 aliphatic rings. The van der Waals surface area contributed by atoms with Crippen molar-refractivity contribution < 1.29 is 4.79 Å². The van der Waals surface area contributed by atoms with Crippen LogP contribution in [-0.4, -0.2) is 49.6 Å². The van der Waals surface area contributed by atoms with Gasteiger partial charge in [0.05, 0.1) is 6.04 Å². The van der Waals surface area contributed by atoms with Crippen LogP contribution >= 0.6 is 0 Å². The quantitative estimate of drug-likeness (QED) is 0.749. The zero-order valence-corrected chi connectivity index (χ0v) is 11.6. The molecule has 1 fully saturated rings. The SMILES string of the molecule is CCNC1CCN(C(C)C(=O)NC)CC1CC. The molecule has 17 heavy (non-hydrogen) atoms. The molecule has 2 N–H and O–H groups in total. The number of amides is 1. The van der Waals surface area contributed by atoms with Crippen LogP contribution in [0.2, 0.25) is 0 Å². The Kier molecular flexibility index (Phi) is 5.92. The molecule has 1 rings (SSSR count). The van der Waals surface area contributed by atoms with Crippen LogP contribution in [0.5, 0.6) is 0 Å². The summed E-state index contributed by atoms with van der Waals surface area (Å²) in [6.07, 6.45) is 2.32. The van der Waals surface area contributed by atoms with E-state index in [0.717, 1.165) is 26.1 Å². The Bertz CT molecular complexity index is 245. The van der Waals surface area contributed by atoms with Gasteiger partial charge in [0.25, 0.3) is 0 Å². The molecule has 1 saturated heterocycles. The molecule has 0 aromatic heterocycles. The lowest BCUT2D eigenvalue weighted by molar-refractivity contribution is -0.126. The number of nitrogens with zero attached hydrogens (tertiary/aromatic N) is 1. The molecule has 0 bridgehead atoms. The largest absolute Gasteiger partial charge is 0.358 e. The van der Waals surface area contributed by atoms with Crippen LogP contribution in [0.1, 0.15) is 33.6 Å². The number of carbonyl (C=O) groups is 1. The van der Waals surface area contributed by atoms with Gasteiger partial charge in [0, 0.05) is 26.2 Å². The number of likely N-dealkylation sites (N-methyl/N-ethyl adjacent to an activating group) is 1. The molecule has 1 aliphatic heterocycles. The summed E-state index contributed by atoms with van der Waals surface area (Å²) in [4.78, 5) is 14.0. The molecule has 0 radical (unpaired) electrons. The van der Waals surface area contributed by atoms with E-state index in [1.54, 1.807) is 7.05 Å². The van der Waals surface area contributed by atoms with Gasteiger partial charge in [-0.15, -0.1) is 0 Å². The summed E-state index contributed by atoms with van der Waals surface area (Å²) in [6.45, 7) is 9.48. The first-order valence-corrected chi connectivity index (χ1v) is 6.83. The van der Waals surface area contributed by atoms with Gasteiger partial charge in [-0.2, -0.15) is 0 Å². The Morgan fingerprint density at radius 3 is 2.71 bits per heavy atom. The summed E-state index contributed by atoms with van der Waals surface area (Å²) in [5, 5.41) is 6.30. The first kappa shape index (κ1) is 14.5. The minimum absolute atomic E-state index is 0.00312. The van der Waals surface area contributed by atoms with Crippen molar-refractivity contribution in [3.05, 3.63) is 0 Å². The van der Waals surface area contributed by atoms with Gasteiger partial charge in [-0.05, 0) is 25.8 Å². The number of hydrogen-bond acceptors (Lipinski definition) is 3. The third-order valence-corrected chi connectivity index (χ3v) is 3.93. The van der Waals surface area contributed by atoms with Gasteiger partial charge < -0.3 is 10.6 Å². The van der Waals surface area contributed by atoms with Crippen LogP contribution < -0.4 is 10.6 Å². The maximum Gasteiger partial charge on any atom is 0.236 e. The molecular formula is C13H27N3O. The smallest absolute Gasteiger partial charge is 0.236 e. The topological polar surface area (TPSA) is 44.4 Å². The summed E-state index contributed by atoms with van der Waals surface area (Å²) < 4.78 is 0. The normalized spacial score (nSPS) is 27.8. The lowest BCUT2D eigenvalue weighted by Crippen LogP contribution is -2.54. The molecule has 1 heterocycles. The second-order valence-corrected chi connectivity index (χ2v) is 4.91. The fourth-order valence-electron chi connectivity index (χ4n) is 2.73. The van der Waals surface area contributed by atoms with E-state index in [0.29, 0.717) is 12.0 Å². The van der Waals surface area contributed by atoms with Gasteiger partial charge in [0.1, 0.15) is 0 Å². The van der Waals surface area contributed by atoms with Crippen molar-refractivity contribution in [3.8, 4) is 0 Å². The van der Waals surface area contributed by atoms with Gasteiger partial charge in [0.2, 0.25) is 5.91 Å². The number of likely N-dealkylation sites (tertiary alicyclic amines) is 1. The van der Waals surface area contributed by atoms with E-state index in [4.69, 9.17) is 0 Å². The van der Waals surface area contributed by atoms with Crippen molar-refractivity contribution in [2.45, 2.75) is 45.7 Å². The van der Waals surface area contributed by atoms with E-state index in [2.05, 4.69) is 29.4 Å². The maximum atomic E-state index is 11.6. The van der Waals surface area contributed by atoms with E-state index < -0.39 is 0 Å². The molecule has 0 aromatic carbocycles. The second-order valence-electron chi connectivity index (χ2n) is 4.91. The number of rotatable bonds is 5. The van der Waals surface area contributed by atoms with Gasteiger partial charge in [-0.1, -0.05) is 20.3 Å². The molecule has 4 nitrogen and oxygen atoms in total. The predicted molar refractivity (Wildman–Crippen MR) is 71.0 cm³/mol. The molecule has 0 aromatic rings. The summed E-state index contributed by atoms with van der Waals surface area (Å²) in [5.41, 5.74) is 0. The minimum atomic E-state index is -0.00312. The Balaban J connectivity index is 2.55. The first-order valence-electron chi connectivity index (χ1n) is 6.83.